The maximum atomic E-state index is 11.5. The molecule has 15 heavy (non-hydrogen) atoms. The molecule has 6 nitrogen and oxygen atoms in total. The van der Waals surface area contributed by atoms with Crippen LogP contribution in [0.5, 0.6) is 0 Å². The first-order valence-corrected chi connectivity index (χ1v) is 4.85. The molecule has 1 atom stereocenters. The van der Waals surface area contributed by atoms with E-state index in [2.05, 4.69) is 10.2 Å². The largest absolute Gasteiger partial charge is 0.458 e. The summed E-state index contributed by atoms with van der Waals surface area (Å²) in [5, 5.41) is 6.13. The van der Waals surface area contributed by atoms with Crippen LogP contribution in [0.25, 0.3) is 0 Å². The van der Waals surface area contributed by atoms with Crippen LogP contribution in [0, 0.1) is 0 Å². The summed E-state index contributed by atoms with van der Waals surface area (Å²) in [6.45, 7) is 1.02. The van der Waals surface area contributed by atoms with E-state index in [1.54, 1.807) is 0 Å². The van der Waals surface area contributed by atoms with Crippen molar-refractivity contribution in [3.05, 3.63) is 11.9 Å². The van der Waals surface area contributed by atoms with E-state index < -0.39 is 5.97 Å². The highest BCUT2D eigenvalue weighted by atomic mass is 16.6. The van der Waals surface area contributed by atoms with Crippen LogP contribution in [0.4, 0.5) is 5.69 Å². The van der Waals surface area contributed by atoms with Crippen LogP contribution in [0.2, 0.25) is 0 Å². The van der Waals surface area contributed by atoms with Gasteiger partial charge in [0.05, 0.1) is 18.0 Å². The molecule has 0 radical (unpaired) electrons. The van der Waals surface area contributed by atoms with Crippen LogP contribution in [0.3, 0.4) is 0 Å². The molecular weight excluding hydrogens is 198 g/mol. The van der Waals surface area contributed by atoms with Crippen LogP contribution in [-0.4, -0.2) is 35.5 Å². The molecule has 1 aliphatic rings. The van der Waals surface area contributed by atoms with Crippen molar-refractivity contribution in [3.63, 3.8) is 0 Å². The minimum atomic E-state index is -0.486. The van der Waals surface area contributed by atoms with Crippen molar-refractivity contribution in [3.8, 4) is 0 Å². The minimum absolute atomic E-state index is 0.0260. The third-order valence-electron chi connectivity index (χ3n) is 2.30. The molecule has 0 bridgehead atoms. The summed E-state index contributed by atoms with van der Waals surface area (Å²) in [6.07, 6.45) is 3.36. The highest BCUT2D eigenvalue weighted by molar-refractivity contribution is 5.92. The molecule has 0 saturated carbocycles. The summed E-state index contributed by atoms with van der Waals surface area (Å²) < 4.78 is 10.4. The number of nitrogen functional groups attached to an aromatic ring is 1. The Labute approximate surface area is 86.7 Å². The third kappa shape index (κ3) is 2.27. The number of carbonyl (C=O) groups excluding carboxylic acids is 1. The van der Waals surface area contributed by atoms with Gasteiger partial charge >= 0.3 is 5.97 Å². The average molecular weight is 211 g/mol. The van der Waals surface area contributed by atoms with Crippen molar-refractivity contribution in [2.45, 2.75) is 18.9 Å². The van der Waals surface area contributed by atoms with Gasteiger partial charge in [-0.1, -0.05) is 0 Å². The summed E-state index contributed by atoms with van der Waals surface area (Å²) in [6, 6.07) is 0. The molecule has 3 N–H and O–H groups in total. The Kier molecular flexibility index (Phi) is 2.86. The van der Waals surface area contributed by atoms with Gasteiger partial charge in [-0.2, -0.15) is 5.10 Å². The fourth-order valence-electron chi connectivity index (χ4n) is 1.48. The van der Waals surface area contributed by atoms with Crippen molar-refractivity contribution in [2.75, 3.05) is 18.9 Å². The predicted molar refractivity (Wildman–Crippen MR) is 52.3 cm³/mol. The van der Waals surface area contributed by atoms with Crippen LogP contribution in [-0.2, 0) is 9.47 Å². The Bertz CT molecular complexity index is 344. The number of nitrogens with two attached hydrogens (primary N) is 1. The quantitative estimate of drug-likeness (QED) is 0.703. The molecule has 0 aliphatic carbocycles. The molecule has 1 unspecified atom stereocenters. The SMILES string of the molecule is Nc1cn[nH]c1C(=O)OCC1CCCO1. The fraction of sp³-hybridized carbons (Fsp3) is 0.556. The second kappa shape index (κ2) is 4.31. The van der Waals surface area contributed by atoms with E-state index in [1.807, 2.05) is 0 Å². The van der Waals surface area contributed by atoms with Crippen molar-refractivity contribution in [1.29, 1.82) is 0 Å². The monoisotopic (exact) mass is 211 g/mol. The molecule has 1 aromatic heterocycles. The summed E-state index contributed by atoms with van der Waals surface area (Å²) in [5.41, 5.74) is 6.00. The number of aromatic amines is 1. The molecule has 0 aromatic carbocycles. The fourth-order valence-corrected chi connectivity index (χ4v) is 1.48. The van der Waals surface area contributed by atoms with Crippen LogP contribution >= 0.6 is 0 Å². The lowest BCUT2D eigenvalue weighted by Gasteiger charge is -2.09. The van der Waals surface area contributed by atoms with Crippen LogP contribution in [0.15, 0.2) is 6.20 Å². The number of hydrogen-bond acceptors (Lipinski definition) is 5. The molecule has 1 fully saturated rings. The Hall–Kier alpha value is -1.56. The molecular formula is C9H13N3O3. The zero-order valence-electron chi connectivity index (χ0n) is 8.23. The van der Waals surface area contributed by atoms with Gasteiger partial charge in [-0.15, -0.1) is 0 Å². The number of hydrogen-bond donors (Lipinski definition) is 2. The van der Waals surface area contributed by atoms with Gasteiger partial charge in [-0.05, 0) is 12.8 Å². The molecule has 0 spiro atoms. The van der Waals surface area contributed by atoms with Crippen molar-refractivity contribution in [1.82, 2.24) is 10.2 Å². The molecule has 1 aliphatic heterocycles. The number of H-pyrrole nitrogens is 1. The summed E-state index contributed by atoms with van der Waals surface area (Å²) in [4.78, 5) is 11.5. The zero-order valence-corrected chi connectivity index (χ0v) is 8.23. The zero-order chi connectivity index (χ0) is 10.7. The van der Waals surface area contributed by atoms with Crippen molar-refractivity contribution >= 4 is 11.7 Å². The smallest absolute Gasteiger partial charge is 0.358 e. The van der Waals surface area contributed by atoms with Gasteiger partial charge in [0.15, 0.2) is 5.69 Å². The Balaban J connectivity index is 1.84. The Morgan fingerprint density at radius 2 is 2.67 bits per heavy atom. The number of carbonyl (C=O) groups is 1. The lowest BCUT2D eigenvalue weighted by molar-refractivity contribution is 0.0157. The van der Waals surface area contributed by atoms with Crippen LogP contribution < -0.4 is 5.73 Å². The van der Waals surface area contributed by atoms with Gasteiger partial charge in [-0.3, -0.25) is 5.10 Å². The number of rotatable bonds is 3. The highest BCUT2D eigenvalue weighted by Crippen LogP contribution is 2.13. The summed E-state index contributed by atoms with van der Waals surface area (Å²) in [5.74, 6) is -0.486. The van der Waals surface area contributed by atoms with Crippen molar-refractivity contribution in [2.24, 2.45) is 0 Å². The second-order valence-electron chi connectivity index (χ2n) is 3.43. The lowest BCUT2D eigenvalue weighted by Crippen LogP contribution is -2.18. The number of nitrogens with zero attached hydrogens (tertiary/aromatic N) is 1. The maximum absolute atomic E-state index is 11.5. The van der Waals surface area contributed by atoms with Gasteiger partial charge in [0.1, 0.15) is 6.61 Å². The first kappa shape index (κ1) is 9.97. The van der Waals surface area contributed by atoms with Crippen LogP contribution in [0.1, 0.15) is 23.3 Å². The molecule has 1 aromatic rings. The average Bonchev–Trinajstić information content (AvgIpc) is 2.84. The number of esters is 1. The molecule has 0 amide bonds. The summed E-state index contributed by atoms with van der Waals surface area (Å²) in [7, 11) is 0. The number of ether oxygens (including phenoxy) is 2. The van der Waals surface area contributed by atoms with Gasteiger partial charge in [0.2, 0.25) is 0 Å². The first-order chi connectivity index (χ1) is 7.27. The second-order valence-corrected chi connectivity index (χ2v) is 3.43. The first-order valence-electron chi connectivity index (χ1n) is 4.85. The van der Waals surface area contributed by atoms with E-state index in [-0.39, 0.29) is 18.4 Å². The van der Waals surface area contributed by atoms with Gasteiger partial charge in [0.25, 0.3) is 0 Å². The Morgan fingerprint density at radius 3 is 3.27 bits per heavy atom. The third-order valence-corrected chi connectivity index (χ3v) is 2.30. The molecule has 2 rings (SSSR count). The van der Waals surface area contributed by atoms with E-state index in [0.29, 0.717) is 5.69 Å². The number of nitrogens with one attached hydrogen (secondary N) is 1. The van der Waals surface area contributed by atoms with E-state index in [1.165, 1.54) is 6.20 Å². The van der Waals surface area contributed by atoms with Gasteiger partial charge in [0, 0.05) is 6.61 Å². The molecule has 6 heteroatoms. The van der Waals surface area contributed by atoms with E-state index in [0.717, 1.165) is 19.4 Å². The maximum Gasteiger partial charge on any atom is 0.358 e. The normalized spacial score (nSPS) is 20.4. The molecule has 82 valence electrons. The molecule has 1 saturated heterocycles. The standard InChI is InChI=1S/C9H13N3O3/c10-7-4-11-12-8(7)9(13)15-5-6-2-1-3-14-6/h4,6H,1-3,5,10H2,(H,11,12). The van der Waals surface area contributed by atoms with E-state index >= 15 is 0 Å². The van der Waals surface area contributed by atoms with Gasteiger partial charge in [-0.25, -0.2) is 4.79 Å². The topological polar surface area (TPSA) is 90.2 Å². The minimum Gasteiger partial charge on any atom is -0.458 e. The van der Waals surface area contributed by atoms with Crippen molar-refractivity contribution < 1.29 is 14.3 Å². The lowest BCUT2D eigenvalue weighted by atomic mass is 10.2. The van der Waals surface area contributed by atoms with E-state index in [9.17, 15) is 4.79 Å². The number of anilines is 1. The predicted octanol–water partition coefficient (Wildman–Crippen LogP) is 0.328. The molecule has 2 heterocycles. The highest BCUT2D eigenvalue weighted by Gasteiger charge is 2.19. The Morgan fingerprint density at radius 1 is 1.80 bits per heavy atom. The van der Waals surface area contributed by atoms with Gasteiger partial charge < -0.3 is 15.2 Å². The number of aromatic nitrogens is 2. The van der Waals surface area contributed by atoms with E-state index in [4.69, 9.17) is 15.2 Å². The summed E-state index contributed by atoms with van der Waals surface area (Å²) >= 11 is 0.